The van der Waals surface area contributed by atoms with Gasteiger partial charge >= 0.3 is 5.97 Å². The van der Waals surface area contributed by atoms with Crippen molar-refractivity contribution in [1.29, 1.82) is 0 Å². The second kappa shape index (κ2) is 6.67. The van der Waals surface area contributed by atoms with Crippen molar-refractivity contribution in [3.8, 4) is 17.2 Å². The van der Waals surface area contributed by atoms with E-state index in [9.17, 15) is 4.79 Å². The fourth-order valence-electron chi connectivity index (χ4n) is 2.15. The van der Waals surface area contributed by atoms with Crippen LogP contribution in [0.4, 0.5) is 0 Å². The molecule has 0 saturated carbocycles. The predicted molar refractivity (Wildman–Crippen MR) is 78.8 cm³/mol. The van der Waals surface area contributed by atoms with Crippen molar-refractivity contribution in [1.82, 2.24) is 0 Å². The fraction of sp³-hybridized carbons (Fsp3) is 0.533. The van der Waals surface area contributed by atoms with E-state index in [2.05, 4.69) is 0 Å². The van der Waals surface area contributed by atoms with E-state index < -0.39 is 17.4 Å². The van der Waals surface area contributed by atoms with Gasteiger partial charge in [0.15, 0.2) is 11.5 Å². The molecule has 1 rings (SSSR count). The Hall–Kier alpha value is -1.95. The quantitative estimate of drug-likeness (QED) is 0.808. The van der Waals surface area contributed by atoms with Crippen LogP contribution in [0.15, 0.2) is 12.1 Å². The standard InChI is InChI=1S/C15H23NO5/c1-15(2,14(17)21-6)13(16)9-7-8-10(18-3)12(20-5)11(9)19-4/h7-8,13H,16H2,1-6H3/t13-/m0/s1. The number of rotatable bonds is 6. The van der Waals surface area contributed by atoms with Gasteiger partial charge in [0, 0.05) is 11.6 Å². The maximum Gasteiger partial charge on any atom is 0.313 e. The monoisotopic (exact) mass is 297 g/mol. The van der Waals surface area contributed by atoms with Gasteiger partial charge < -0.3 is 24.7 Å². The Morgan fingerprint density at radius 3 is 2.05 bits per heavy atom. The van der Waals surface area contributed by atoms with Gasteiger partial charge in [-0.1, -0.05) is 0 Å². The van der Waals surface area contributed by atoms with E-state index in [1.807, 2.05) is 0 Å². The second-order valence-corrected chi connectivity index (χ2v) is 5.11. The average molecular weight is 297 g/mol. The number of benzene rings is 1. The molecule has 0 unspecified atom stereocenters. The van der Waals surface area contributed by atoms with Crippen molar-refractivity contribution in [2.75, 3.05) is 28.4 Å². The summed E-state index contributed by atoms with van der Waals surface area (Å²) >= 11 is 0. The Bertz CT molecular complexity index is 513. The maximum atomic E-state index is 11.9. The van der Waals surface area contributed by atoms with E-state index in [0.29, 0.717) is 22.8 Å². The highest BCUT2D eigenvalue weighted by molar-refractivity contribution is 5.77. The van der Waals surface area contributed by atoms with Crippen LogP contribution in [0.5, 0.6) is 17.2 Å². The van der Waals surface area contributed by atoms with Crippen molar-refractivity contribution in [3.05, 3.63) is 17.7 Å². The number of carbonyl (C=O) groups excluding carboxylic acids is 1. The van der Waals surface area contributed by atoms with Gasteiger partial charge in [0.2, 0.25) is 5.75 Å². The van der Waals surface area contributed by atoms with Crippen LogP contribution in [0.3, 0.4) is 0 Å². The first-order valence-electron chi connectivity index (χ1n) is 6.47. The summed E-state index contributed by atoms with van der Waals surface area (Å²) in [5.74, 6) is 1.02. The number of esters is 1. The molecular formula is C15H23NO5. The molecule has 2 N–H and O–H groups in total. The van der Waals surface area contributed by atoms with Gasteiger partial charge in [-0.05, 0) is 26.0 Å². The lowest BCUT2D eigenvalue weighted by molar-refractivity contribution is -0.152. The molecular weight excluding hydrogens is 274 g/mol. The van der Waals surface area contributed by atoms with Crippen LogP contribution < -0.4 is 19.9 Å². The highest BCUT2D eigenvalue weighted by atomic mass is 16.5. The van der Waals surface area contributed by atoms with Crippen LogP contribution in [0, 0.1) is 5.41 Å². The number of ether oxygens (including phenoxy) is 4. The Labute approximate surface area is 125 Å². The minimum atomic E-state index is -0.915. The second-order valence-electron chi connectivity index (χ2n) is 5.11. The Morgan fingerprint density at radius 2 is 1.62 bits per heavy atom. The zero-order valence-corrected chi connectivity index (χ0v) is 13.4. The van der Waals surface area contributed by atoms with Crippen molar-refractivity contribution in [2.45, 2.75) is 19.9 Å². The van der Waals surface area contributed by atoms with Crippen molar-refractivity contribution in [2.24, 2.45) is 11.1 Å². The van der Waals surface area contributed by atoms with E-state index in [0.717, 1.165) is 0 Å². The lowest BCUT2D eigenvalue weighted by Gasteiger charge is -2.30. The summed E-state index contributed by atoms with van der Waals surface area (Å²) in [5.41, 5.74) is 5.99. The minimum absolute atomic E-state index is 0.396. The van der Waals surface area contributed by atoms with Gasteiger partial charge in [-0.15, -0.1) is 0 Å². The first-order valence-corrected chi connectivity index (χ1v) is 6.47. The van der Waals surface area contributed by atoms with Gasteiger partial charge in [-0.2, -0.15) is 0 Å². The van der Waals surface area contributed by atoms with Crippen molar-refractivity contribution < 1.29 is 23.7 Å². The molecule has 6 nitrogen and oxygen atoms in total. The molecule has 0 aliphatic heterocycles. The minimum Gasteiger partial charge on any atom is -0.493 e. The Kier molecular flexibility index (Phi) is 5.43. The van der Waals surface area contributed by atoms with Crippen LogP contribution in [-0.4, -0.2) is 34.4 Å². The van der Waals surface area contributed by atoms with E-state index in [4.69, 9.17) is 24.7 Å². The molecule has 0 fully saturated rings. The topological polar surface area (TPSA) is 80.0 Å². The van der Waals surface area contributed by atoms with Gasteiger partial charge in [-0.25, -0.2) is 0 Å². The smallest absolute Gasteiger partial charge is 0.313 e. The van der Waals surface area contributed by atoms with Gasteiger partial charge in [-0.3, -0.25) is 4.79 Å². The molecule has 0 aliphatic carbocycles. The molecule has 118 valence electrons. The number of carbonyl (C=O) groups is 1. The zero-order valence-electron chi connectivity index (χ0n) is 13.4. The van der Waals surface area contributed by atoms with Gasteiger partial charge in [0.1, 0.15) is 0 Å². The largest absolute Gasteiger partial charge is 0.493 e. The fourth-order valence-corrected chi connectivity index (χ4v) is 2.15. The third kappa shape index (κ3) is 3.05. The lowest BCUT2D eigenvalue weighted by atomic mass is 9.80. The molecule has 21 heavy (non-hydrogen) atoms. The molecule has 0 amide bonds. The Morgan fingerprint density at radius 1 is 1.05 bits per heavy atom. The number of hydrogen-bond donors (Lipinski definition) is 1. The highest BCUT2D eigenvalue weighted by Gasteiger charge is 2.38. The van der Waals surface area contributed by atoms with Crippen LogP contribution >= 0.6 is 0 Å². The number of methoxy groups -OCH3 is 4. The summed E-state index contributed by atoms with van der Waals surface area (Å²) in [6, 6.07) is 2.86. The summed E-state index contributed by atoms with van der Waals surface area (Å²) in [6.07, 6.45) is 0. The lowest BCUT2D eigenvalue weighted by Crippen LogP contribution is -2.37. The molecule has 0 aliphatic rings. The highest BCUT2D eigenvalue weighted by Crippen LogP contribution is 2.45. The molecule has 0 saturated heterocycles. The molecule has 0 radical (unpaired) electrons. The molecule has 0 spiro atoms. The molecule has 6 heteroatoms. The molecule has 0 aromatic heterocycles. The summed E-state index contributed by atoms with van der Waals surface area (Å²) < 4.78 is 20.8. The first-order chi connectivity index (χ1) is 9.84. The third-order valence-corrected chi connectivity index (χ3v) is 3.56. The van der Waals surface area contributed by atoms with E-state index in [-0.39, 0.29) is 0 Å². The molecule has 0 bridgehead atoms. The first kappa shape index (κ1) is 17.1. The summed E-state index contributed by atoms with van der Waals surface area (Å²) in [5, 5.41) is 0. The normalized spacial score (nSPS) is 12.5. The van der Waals surface area contributed by atoms with Crippen LogP contribution in [0.2, 0.25) is 0 Å². The van der Waals surface area contributed by atoms with Gasteiger partial charge in [0.25, 0.3) is 0 Å². The zero-order chi connectivity index (χ0) is 16.2. The summed E-state index contributed by atoms with van der Waals surface area (Å²) in [6.45, 7) is 3.44. The molecule has 1 aromatic carbocycles. The summed E-state index contributed by atoms with van der Waals surface area (Å²) in [4.78, 5) is 11.9. The third-order valence-electron chi connectivity index (χ3n) is 3.56. The van der Waals surface area contributed by atoms with Crippen LogP contribution in [-0.2, 0) is 9.53 Å². The van der Waals surface area contributed by atoms with Crippen molar-refractivity contribution >= 4 is 5.97 Å². The number of nitrogens with two attached hydrogens (primary N) is 1. The van der Waals surface area contributed by atoms with Crippen molar-refractivity contribution in [3.63, 3.8) is 0 Å². The van der Waals surface area contributed by atoms with E-state index in [1.165, 1.54) is 28.4 Å². The summed E-state index contributed by atoms with van der Waals surface area (Å²) in [7, 11) is 5.90. The molecule has 1 atom stereocenters. The molecule has 0 heterocycles. The predicted octanol–water partition coefficient (Wildman–Crippen LogP) is 1.91. The average Bonchev–Trinajstić information content (AvgIpc) is 2.51. The maximum absolute atomic E-state index is 11.9. The van der Waals surface area contributed by atoms with E-state index >= 15 is 0 Å². The van der Waals surface area contributed by atoms with E-state index in [1.54, 1.807) is 26.0 Å². The number of hydrogen-bond acceptors (Lipinski definition) is 6. The van der Waals surface area contributed by atoms with Crippen LogP contribution in [0.25, 0.3) is 0 Å². The van der Waals surface area contributed by atoms with Gasteiger partial charge in [0.05, 0.1) is 33.9 Å². The molecule has 1 aromatic rings. The Balaban J connectivity index is 3.40. The SMILES string of the molecule is COC(=O)C(C)(C)[C@@H](N)c1ccc(OC)c(OC)c1OC. The van der Waals surface area contributed by atoms with Crippen LogP contribution in [0.1, 0.15) is 25.5 Å².